The minimum Gasteiger partial charge on any atom is -0.481 e. The second kappa shape index (κ2) is 42.1. The van der Waals surface area contributed by atoms with Gasteiger partial charge < -0.3 is 96.3 Å². The second-order valence-corrected chi connectivity index (χ2v) is 21.5. The van der Waals surface area contributed by atoms with Crippen LogP contribution in [-0.4, -0.2) is 198 Å². The largest absolute Gasteiger partial charge is 0.481 e. The molecule has 0 aliphatic carbocycles. The van der Waals surface area contributed by atoms with Crippen LogP contribution >= 0.6 is 0 Å². The Morgan fingerprint density at radius 2 is 0.933 bits per heavy atom. The highest BCUT2D eigenvalue weighted by Gasteiger charge is 2.35. The minimum absolute atomic E-state index is 0.0779. The van der Waals surface area contributed by atoms with Gasteiger partial charge in [0.25, 0.3) is 0 Å². The van der Waals surface area contributed by atoms with Crippen molar-refractivity contribution < 1.29 is 87.2 Å². The first kappa shape index (κ1) is 78.2. The number of amides is 14. The highest BCUT2D eigenvalue weighted by atomic mass is 16.4. The summed E-state index contributed by atoms with van der Waals surface area (Å²) in [7, 11) is 0. The van der Waals surface area contributed by atoms with E-state index in [0.717, 1.165) is 0 Å². The van der Waals surface area contributed by atoms with Crippen LogP contribution in [0.4, 0.5) is 0 Å². The molecule has 0 aliphatic rings. The third-order valence-electron chi connectivity index (χ3n) is 13.5. The molecule has 89 heavy (non-hydrogen) atoms. The van der Waals surface area contributed by atoms with Crippen LogP contribution in [0.3, 0.4) is 0 Å². The van der Waals surface area contributed by atoms with Crippen molar-refractivity contribution in [3.63, 3.8) is 0 Å². The van der Waals surface area contributed by atoms with Crippen molar-refractivity contribution in [2.24, 2.45) is 35.0 Å². The third kappa shape index (κ3) is 31.6. The lowest BCUT2D eigenvalue weighted by Gasteiger charge is -2.27. The summed E-state index contributed by atoms with van der Waals surface area (Å²) in [5.41, 5.74) is 16.8. The molecular weight excluding hydrogens is 1170 g/mol. The van der Waals surface area contributed by atoms with Gasteiger partial charge in [0.15, 0.2) is 0 Å². The molecular formula is C56H91N15O18. The van der Waals surface area contributed by atoms with E-state index in [0.29, 0.717) is 31.4 Å². The van der Waals surface area contributed by atoms with Gasteiger partial charge in [-0.3, -0.25) is 71.9 Å². The van der Waals surface area contributed by atoms with E-state index >= 15 is 0 Å². The summed E-state index contributed by atoms with van der Waals surface area (Å²) in [4.78, 5) is 195. The number of carbonyl (C=O) groups excluding carboxylic acids is 14. The van der Waals surface area contributed by atoms with Crippen LogP contribution in [0.2, 0.25) is 0 Å². The number of carbonyl (C=O) groups is 15. The molecule has 0 unspecified atom stereocenters. The Morgan fingerprint density at radius 1 is 0.472 bits per heavy atom. The number of likely N-dealkylation sites (N-methyl/N-ethyl adjacent to an activating group) is 1. The van der Waals surface area contributed by atoms with Gasteiger partial charge in [0.1, 0.15) is 48.3 Å². The molecule has 0 aromatic heterocycles. The molecule has 0 bridgehead atoms. The van der Waals surface area contributed by atoms with E-state index in [9.17, 15) is 87.2 Å². The highest BCUT2D eigenvalue weighted by molar-refractivity contribution is 5.99. The van der Waals surface area contributed by atoms with Crippen LogP contribution in [0.25, 0.3) is 0 Å². The van der Waals surface area contributed by atoms with Crippen molar-refractivity contribution >= 4 is 88.7 Å². The number of hydrogen-bond acceptors (Lipinski definition) is 18. The number of aliphatic hydroxyl groups excluding tert-OH is 2. The van der Waals surface area contributed by atoms with Crippen LogP contribution in [0.5, 0.6) is 0 Å². The minimum atomic E-state index is -1.84. The summed E-state index contributed by atoms with van der Waals surface area (Å²) >= 11 is 0. The van der Waals surface area contributed by atoms with Gasteiger partial charge in [0, 0.05) is 31.7 Å². The lowest BCUT2D eigenvalue weighted by Crippen LogP contribution is -2.60. The monoisotopic (exact) mass is 1260 g/mol. The van der Waals surface area contributed by atoms with E-state index in [1.54, 1.807) is 51.1 Å². The van der Waals surface area contributed by atoms with Gasteiger partial charge in [-0.25, -0.2) is 0 Å². The zero-order valence-electron chi connectivity index (χ0n) is 51.2. The number of primary amides is 2. The van der Waals surface area contributed by atoms with Crippen LogP contribution in [0, 0.1) is 17.8 Å². The fourth-order valence-corrected chi connectivity index (χ4v) is 8.48. The maximum absolute atomic E-state index is 13.9. The molecule has 0 aliphatic heterocycles. The summed E-state index contributed by atoms with van der Waals surface area (Å²) in [5, 5.41) is 57.8. The lowest BCUT2D eigenvalue weighted by atomic mass is 9.97. The van der Waals surface area contributed by atoms with Crippen molar-refractivity contribution in [1.29, 1.82) is 0 Å². The van der Waals surface area contributed by atoms with Crippen molar-refractivity contribution in [2.75, 3.05) is 45.9 Å². The van der Waals surface area contributed by atoms with Crippen molar-refractivity contribution in [3.05, 3.63) is 35.9 Å². The van der Waals surface area contributed by atoms with Gasteiger partial charge in [0.2, 0.25) is 82.7 Å². The molecule has 498 valence electrons. The Bertz CT molecular complexity index is 2580. The zero-order valence-corrected chi connectivity index (χ0v) is 51.2. The normalized spacial score (nSPS) is 14.3. The van der Waals surface area contributed by atoms with Gasteiger partial charge in [-0.1, -0.05) is 71.4 Å². The standard InChI is InChI=1S/C56H91N15O18/c1-7-31(5)47(71-45(78)27-63-51(84)39(28-72)69-55(88)40(29-73)70-52(85)34(16-12-13-21-57)65-48(81)32(6)22-30(3)4)56(89)67-36(18-20-46(79)80)53(86)68-38(24-42(59)75)50(83)62-25-43(76)61-26-44(77)64-37(23-33-14-10-9-11-15-33)54(87)66-35(17-19-41(58)74)49(82)60-8-2/h9-11,14-15,30-32,34-40,47,72-73H,7-8,12-13,16-29,57H2,1-6H3,(H2,58,74)(H2,59,75)(H,60,82)(H,61,76)(H,62,83)(H,63,84)(H,64,77)(H,65,81)(H,66,87)(H,67,89)(H,68,86)(H,69,88)(H,70,85)(H,71,78)(H,79,80)/t31-,32-,34-,35-,36-,37-,38-,39-,40-,47-/m0/s1. The van der Waals surface area contributed by atoms with Crippen LogP contribution in [0.15, 0.2) is 30.3 Å². The lowest BCUT2D eigenvalue weighted by molar-refractivity contribution is -0.139. The molecule has 0 saturated carbocycles. The van der Waals surface area contributed by atoms with E-state index in [1.165, 1.54) is 6.92 Å². The molecule has 33 nitrogen and oxygen atoms in total. The Morgan fingerprint density at radius 3 is 1.47 bits per heavy atom. The predicted octanol–water partition coefficient (Wildman–Crippen LogP) is -6.56. The van der Waals surface area contributed by atoms with Gasteiger partial charge in [-0.15, -0.1) is 0 Å². The molecule has 0 radical (unpaired) electrons. The fourth-order valence-electron chi connectivity index (χ4n) is 8.48. The SMILES string of the molecule is CCNC(=O)[C@H](CCC(N)=O)NC(=O)[C@H](Cc1ccccc1)NC(=O)CNC(=O)CNC(=O)[C@H](CC(N)=O)NC(=O)[C@H](CCC(=O)O)NC(=O)[C@@H](NC(=O)CNC(=O)[C@H](CO)NC(=O)[C@H](CO)NC(=O)[C@H](CCCCN)NC(=O)[C@@H](C)CC(C)C)[C@@H](C)CC. The predicted molar refractivity (Wildman–Crippen MR) is 318 cm³/mol. The van der Waals surface area contributed by atoms with Crippen LogP contribution in [-0.2, 0) is 78.3 Å². The van der Waals surface area contributed by atoms with Gasteiger partial charge in [-0.2, -0.15) is 0 Å². The molecule has 1 aromatic rings. The number of nitrogens with one attached hydrogen (secondary N) is 12. The summed E-state index contributed by atoms with van der Waals surface area (Å²) in [5.74, 6) is -15.5. The first-order valence-corrected chi connectivity index (χ1v) is 29.3. The van der Waals surface area contributed by atoms with Crippen molar-refractivity contribution in [3.8, 4) is 0 Å². The van der Waals surface area contributed by atoms with Crippen molar-refractivity contribution in [1.82, 2.24) is 63.8 Å². The Labute approximate surface area is 515 Å². The van der Waals surface area contributed by atoms with E-state index < -0.39 is 201 Å². The quantitative estimate of drug-likeness (QED) is 0.0270. The van der Waals surface area contributed by atoms with Gasteiger partial charge >= 0.3 is 5.97 Å². The van der Waals surface area contributed by atoms with Crippen molar-refractivity contribution in [2.45, 2.75) is 161 Å². The molecule has 1 aromatic carbocycles. The number of rotatable bonds is 44. The zero-order chi connectivity index (χ0) is 67.3. The number of nitrogens with two attached hydrogens (primary N) is 3. The summed E-state index contributed by atoms with van der Waals surface area (Å²) < 4.78 is 0. The average Bonchev–Trinajstić information content (AvgIpc) is 2.44. The number of unbranched alkanes of at least 4 members (excludes halogenated alkanes) is 1. The first-order valence-electron chi connectivity index (χ1n) is 29.3. The molecule has 0 spiro atoms. The molecule has 0 fully saturated rings. The number of aliphatic carboxylic acids is 1. The number of carboxylic acid groups (broad SMARTS) is 1. The van der Waals surface area contributed by atoms with Crippen LogP contribution in [0.1, 0.15) is 111 Å². The molecule has 14 amide bonds. The second-order valence-electron chi connectivity index (χ2n) is 21.5. The Balaban J connectivity index is 3.12. The third-order valence-corrected chi connectivity index (χ3v) is 13.5. The smallest absolute Gasteiger partial charge is 0.303 e. The van der Waals surface area contributed by atoms with Gasteiger partial charge in [0.05, 0.1) is 39.3 Å². The van der Waals surface area contributed by atoms with Gasteiger partial charge in [-0.05, 0) is 69.4 Å². The molecule has 0 saturated heterocycles. The Kier molecular flexibility index (Phi) is 37.0. The summed E-state index contributed by atoms with van der Waals surface area (Å²) in [6.07, 6.45) is -0.877. The number of carboxylic acids is 1. The molecule has 1 rings (SSSR count). The fraction of sp³-hybridized carbons (Fsp3) is 0.625. The van der Waals surface area contributed by atoms with Crippen LogP contribution < -0.4 is 81.0 Å². The maximum atomic E-state index is 13.9. The van der Waals surface area contributed by atoms with E-state index in [4.69, 9.17) is 17.2 Å². The molecule has 33 heteroatoms. The van der Waals surface area contributed by atoms with E-state index in [2.05, 4.69) is 63.8 Å². The Hall–Kier alpha value is -8.85. The number of aliphatic hydroxyl groups is 2. The topological polar surface area (TPSA) is 539 Å². The molecule has 0 heterocycles. The summed E-state index contributed by atoms with van der Waals surface area (Å²) in [6.45, 7) is 6.34. The van der Waals surface area contributed by atoms with E-state index in [-0.39, 0.29) is 44.6 Å². The highest BCUT2D eigenvalue weighted by Crippen LogP contribution is 2.14. The molecule has 10 atom stereocenters. The molecule has 21 N–H and O–H groups in total. The maximum Gasteiger partial charge on any atom is 0.303 e. The first-order chi connectivity index (χ1) is 42.0. The number of benzene rings is 1. The number of hydrogen-bond donors (Lipinski definition) is 18. The average molecular weight is 1260 g/mol. The van der Waals surface area contributed by atoms with E-state index in [1.807, 2.05) is 13.8 Å². The summed E-state index contributed by atoms with van der Waals surface area (Å²) in [6, 6.07) is -3.74.